The Balaban J connectivity index is 2.69. The predicted octanol–water partition coefficient (Wildman–Crippen LogP) is 3.15. The van der Waals surface area contributed by atoms with Gasteiger partial charge in [0.05, 0.1) is 0 Å². The van der Waals surface area contributed by atoms with Gasteiger partial charge >= 0.3 is 6.36 Å². The minimum Gasteiger partial charge on any atom is -0.489 e. The van der Waals surface area contributed by atoms with E-state index in [4.69, 9.17) is 4.74 Å². The molecule has 5 heteroatoms. The third kappa shape index (κ3) is 4.39. The van der Waals surface area contributed by atoms with Crippen LogP contribution in [0.3, 0.4) is 0 Å². The first-order chi connectivity index (χ1) is 7.01. The summed E-state index contributed by atoms with van der Waals surface area (Å²) < 4.78 is 44.3. The standard InChI is InChI=1S/C10H9F3O2/c1-2-6-14-8-4-3-5-9(7-8)15-10(11,12)13/h2-5,7H,1,6H2. The van der Waals surface area contributed by atoms with Crippen LogP contribution in [0.4, 0.5) is 13.2 Å². The van der Waals surface area contributed by atoms with Crippen molar-refractivity contribution in [2.45, 2.75) is 6.36 Å². The molecule has 0 N–H and O–H groups in total. The van der Waals surface area contributed by atoms with Gasteiger partial charge in [0.1, 0.15) is 18.1 Å². The van der Waals surface area contributed by atoms with E-state index in [9.17, 15) is 13.2 Å². The molecular formula is C10H9F3O2. The summed E-state index contributed by atoms with van der Waals surface area (Å²) in [5.74, 6) is 0.000659. The van der Waals surface area contributed by atoms with Gasteiger partial charge in [-0.05, 0) is 12.1 Å². The van der Waals surface area contributed by atoms with Crippen LogP contribution in [0.15, 0.2) is 36.9 Å². The molecule has 0 bridgehead atoms. The Bertz CT molecular complexity index is 334. The molecule has 0 saturated heterocycles. The van der Waals surface area contributed by atoms with Gasteiger partial charge in [-0.3, -0.25) is 0 Å². The van der Waals surface area contributed by atoms with Gasteiger partial charge in [0.15, 0.2) is 0 Å². The molecule has 2 nitrogen and oxygen atoms in total. The zero-order chi connectivity index (χ0) is 11.3. The lowest BCUT2D eigenvalue weighted by atomic mass is 10.3. The number of benzene rings is 1. The van der Waals surface area contributed by atoms with Crippen molar-refractivity contribution >= 4 is 0 Å². The number of alkyl halides is 3. The average molecular weight is 218 g/mol. The van der Waals surface area contributed by atoms with Gasteiger partial charge in [-0.1, -0.05) is 18.7 Å². The van der Waals surface area contributed by atoms with Gasteiger partial charge in [-0.25, -0.2) is 0 Å². The Morgan fingerprint density at radius 2 is 1.93 bits per heavy atom. The highest BCUT2D eigenvalue weighted by Gasteiger charge is 2.31. The van der Waals surface area contributed by atoms with Crippen molar-refractivity contribution in [2.24, 2.45) is 0 Å². The summed E-state index contributed by atoms with van der Waals surface area (Å²) in [6.07, 6.45) is -3.19. The third-order valence-corrected chi connectivity index (χ3v) is 1.41. The molecule has 0 atom stereocenters. The molecule has 0 saturated carbocycles. The highest BCUT2D eigenvalue weighted by atomic mass is 19.4. The van der Waals surface area contributed by atoms with E-state index < -0.39 is 6.36 Å². The van der Waals surface area contributed by atoms with Crippen LogP contribution in [0, 0.1) is 0 Å². The predicted molar refractivity (Wildman–Crippen MR) is 48.8 cm³/mol. The summed E-state index contributed by atoms with van der Waals surface area (Å²) >= 11 is 0. The van der Waals surface area contributed by atoms with Crippen LogP contribution in [-0.2, 0) is 0 Å². The summed E-state index contributed by atoms with van der Waals surface area (Å²) in [6.45, 7) is 3.65. The molecule has 0 aliphatic rings. The molecule has 1 aromatic carbocycles. The summed E-state index contributed by atoms with van der Waals surface area (Å²) in [7, 11) is 0. The van der Waals surface area contributed by atoms with Crippen molar-refractivity contribution in [1.82, 2.24) is 0 Å². The Kier molecular flexibility index (Phi) is 3.60. The molecule has 0 unspecified atom stereocenters. The lowest BCUT2D eigenvalue weighted by Gasteiger charge is -2.10. The molecule has 0 aliphatic heterocycles. The summed E-state index contributed by atoms with van der Waals surface area (Å²) in [6, 6.07) is 5.32. The zero-order valence-corrected chi connectivity index (χ0v) is 7.75. The maximum absolute atomic E-state index is 11.8. The van der Waals surface area contributed by atoms with E-state index in [2.05, 4.69) is 11.3 Å². The Morgan fingerprint density at radius 3 is 2.53 bits per heavy atom. The fourth-order valence-electron chi connectivity index (χ4n) is 0.916. The van der Waals surface area contributed by atoms with Crippen molar-refractivity contribution in [3.63, 3.8) is 0 Å². The Hall–Kier alpha value is -1.65. The Morgan fingerprint density at radius 1 is 1.27 bits per heavy atom. The van der Waals surface area contributed by atoms with E-state index in [0.29, 0.717) is 5.75 Å². The lowest BCUT2D eigenvalue weighted by molar-refractivity contribution is -0.274. The molecular weight excluding hydrogens is 209 g/mol. The molecule has 82 valence electrons. The average Bonchev–Trinajstić information content (AvgIpc) is 2.12. The molecule has 0 aliphatic carbocycles. The third-order valence-electron chi connectivity index (χ3n) is 1.41. The summed E-state index contributed by atoms with van der Waals surface area (Å²) in [4.78, 5) is 0. The van der Waals surface area contributed by atoms with Crippen LogP contribution in [0.2, 0.25) is 0 Å². The van der Waals surface area contributed by atoms with Crippen molar-refractivity contribution < 1.29 is 22.6 Å². The summed E-state index contributed by atoms with van der Waals surface area (Å²) in [5, 5.41) is 0. The maximum Gasteiger partial charge on any atom is 0.573 e. The van der Waals surface area contributed by atoms with Gasteiger partial charge < -0.3 is 9.47 Å². The van der Waals surface area contributed by atoms with Crippen molar-refractivity contribution in [1.29, 1.82) is 0 Å². The molecule has 1 rings (SSSR count). The number of hydrogen-bond donors (Lipinski definition) is 0. The van der Waals surface area contributed by atoms with E-state index in [1.807, 2.05) is 0 Å². The molecule has 0 heterocycles. The number of rotatable bonds is 4. The largest absolute Gasteiger partial charge is 0.573 e. The maximum atomic E-state index is 11.8. The van der Waals surface area contributed by atoms with Gasteiger partial charge in [0, 0.05) is 6.07 Å². The van der Waals surface area contributed by atoms with E-state index in [1.54, 1.807) is 0 Å². The van der Waals surface area contributed by atoms with Crippen LogP contribution < -0.4 is 9.47 Å². The smallest absolute Gasteiger partial charge is 0.489 e. The lowest BCUT2D eigenvalue weighted by Crippen LogP contribution is -2.17. The number of hydrogen-bond acceptors (Lipinski definition) is 2. The monoisotopic (exact) mass is 218 g/mol. The van der Waals surface area contributed by atoms with Crippen LogP contribution in [0.5, 0.6) is 11.5 Å². The second-order valence-corrected chi connectivity index (χ2v) is 2.62. The zero-order valence-electron chi connectivity index (χ0n) is 7.75. The molecule has 0 spiro atoms. The highest BCUT2D eigenvalue weighted by molar-refractivity contribution is 5.33. The Labute approximate surface area is 84.9 Å². The fourth-order valence-corrected chi connectivity index (χ4v) is 0.916. The summed E-state index contributed by atoms with van der Waals surface area (Å²) in [5.41, 5.74) is 0. The second kappa shape index (κ2) is 4.72. The minimum atomic E-state index is -4.68. The van der Waals surface area contributed by atoms with Gasteiger partial charge in [-0.15, -0.1) is 13.2 Å². The first-order valence-corrected chi connectivity index (χ1v) is 4.11. The van der Waals surface area contributed by atoms with Crippen molar-refractivity contribution in [3.8, 4) is 11.5 Å². The number of halogens is 3. The van der Waals surface area contributed by atoms with Crippen LogP contribution in [-0.4, -0.2) is 13.0 Å². The molecule has 1 aromatic rings. The SMILES string of the molecule is C=CCOc1cccc(OC(F)(F)F)c1. The van der Waals surface area contributed by atoms with Gasteiger partial charge in [-0.2, -0.15) is 0 Å². The molecule has 0 amide bonds. The fraction of sp³-hybridized carbons (Fsp3) is 0.200. The highest BCUT2D eigenvalue weighted by Crippen LogP contribution is 2.25. The molecule has 15 heavy (non-hydrogen) atoms. The van der Waals surface area contributed by atoms with E-state index in [1.165, 1.54) is 24.3 Å². The molecule has 0 aromatic heterocycles. The minimum absolute atomic E-state index is 0.232. The first-order valence-electron chi connectivity index (χ1n) is 4.11. The topological polar surface area (TPSA) is 18.5 Å². The molecule has 0 fully saturated rings. The van der Waals surface area contributed by atoms with E-state index >= 15 is 0 Å². The quantitative estimate of drug-likeness (QED) is 0.723. The second-order valence-electron chi connectivity index (χ2n) is 2.62. The van der Waals surface area contributed by atoms with Gasteiger partial charge in [0.25, 0.3) is 0 Å². The van der Waals surface area contributed by atoms with Crippen LogP contribution in [0.25, 0.3) is 0 Å². The number of ether oxygens (including phenoxy) is 2. The normalized spacial score (nSPS) is 10.9. The van der Waals surface area contributed by atoms with Crippen LogP contribution in [0.1, 0.15) is 0 Å². The van der Waals surface area contributed by atoms with E-state index in [0.717, 1.165) is 6.07 Å². The van der Waals surface area contributed by atoms with E-state index in [-0.39, 0.29) is 12.4 Å². The molecule has 0 radical (unpaired) electrons. The van der Waals surface area contributed by atoms with Gasteiger partial charge in [0.2, 0.25) is 0 Å². The van der Waals surface area contributed by atoms with Crippen LogP contribution >= 0.6 is 0 Å². The van der Waals surface area contributed by atoms with Crippen molar-refractivity contribution in [3.05, 3.63) is 36.9 Å². The first kappa shape index (κ1) is 11.4. The van der Waals surface area contributed by atoms with Crippen molar-refractivity contribution in [2.75, 3.05) is 6.61 Å².